The van der Waals surface area contributed by atoms with E-state index < -0.39 is 0 Å². The molecule has 0 fully saturated rings. The quantitative estimate of drug-likeness (QED) is 0.0974. The zero-order chi connectivity index (χ0) is 21.4. The molecule has 0 atom stereocenters. The number of unbranched alkanes of at least 4 members (excludes halogenated alkanes) is 16. The minimum absolute atomic E-state index is 0.833. The van der Waals surface area contributed by atoms with Gasteiger partial charge >= 0.3 is 0 Å². The summed E-state index contributed by atoms with van der Waals surface area (Å²) in [6.07, 6.45) is 27.8. The first-order chi connectivity index (χ1) is 14.2. The van der Waals surface area contributed by atoms with Gasteiger partial charge in [0.25, 0.3) is 0 Å². The summed E-state index contributed by atoms with van der Waals surface area (Å²) in [5.74, 6) is 0. The molecule has 0 amide bonds. The van der Waals surface area contributed by atoms with Crippen LogP contribution in [0.15, 0.2) is 12.2 Å². The van der Waals surface area contributed by atoms with Crippen LogP contribution >= 0.6 is 0 Å². The highest BCUT2D eigenvalue weighted by Gasteiger charge is 2.01. The molecule has 0 spiro atoms. The number of hydrogen-bond donors (Lipinski definition) is 1. The molecule has 1 N–H and O–H groups in total. The van der Waals surface area contributed by atoms with Crippen LogP contribution in [0, 0.1) is 0 Å². The molecule has 0 aromatic heterocycles. The maximum absolute atomic E-state index is 9.93. The van der Waals surface area contributed by atoms with Crippen molar-refractivity contribution in [3.63, 3.8) is 0 Å². The molecule has 0 aliphatic carbocycles. The topological polar surface area (TPSA) is 23.5 Å². The average molecular weight is 410 g/mol. The molecular formula is C27H55NO. The number of allylic oxidation sites excluding steroid dienone is 1. The van der Waals surface area contributed by atoms with Crippen molar-refractivity contribution in [2.24, 2.45) is 0 Å². The first kappa shape index (κ1) is 28.7. The molecule has 0 radical (unpaired) electrons. The minimum Gasteiger partial charge on any atom is -0.314 e. The van der Waals surface area contributed by atoms with Crippen molar-refractivity contribution in [1.29, 1.82) is 0 Å². The average Bonchev–Trinajstić information content (AvgIpc) is 2.71. The molecule has 2 nitrogen and oxygen atoms in total. The van der Waals surface area contributed by atoms with Gasteiger partial charge in [-0.15, -0.1) is 0 Å². The van der Waals surface area contributed by atoms with E-state index in [9.17, 15) is 5.21 Å². The lowest BCUT2D eigenvalue weighted by Gasteiger charge is -2.14. The lowest BCUT2D eigenvalue weighted by atomic mass is 10.0. The fraction of sp³-hybridized carbons (Fsp3) is 0.926. The lowest BCUT2D eigenvalue weighted by Crippen LogP contribution is -2.21. The molecule has 0 heterocycles. The van der Waals surface area contributed by atoms with Crippen molar-refractivity contribution in [3.8, 4) is 0 Å². The van der Waals surface area contributed by atoms with E-state index in [0.29, 0.717) is 0 Å². The van der Waals surface area contributed by atoms with Crippen LogP contribution in [-0.2, 0) is 0 Å². The van der Waals surface area contributed by atoms with Gasteiger partial charge in [0.1, 0.15) is 0 Å². The van der Waals surface area contributed by atoms with Crippen molar-refractivity contribution >= 4 is 0 Å². The van der Waals surface area contributed by atoms with Gasteiger partial charge < -0.3 is 5.21 Å². The molecule has 174 valence electrons. The van der Waals surface area contributed by atoms with Gasteiger partial charge in [-0.3, -0.25) is 0 Å². The Balaban J connectivity index is 3.27. The Morgan fingerprint density at radius 2 is 0.828 bits per heavy atom. The predicted octanol–water partition coefficient (Wildman–Crippen LogP) is 9.47. The summed E-state index contributed by atoms with van der Waals surface area (Å²) >= 11 is 0. The summed E-state index contributed by atoms with van der Waals surface area (Å²) in [6, 6.07) is 0. The van der Waals surface area contributed by atoms with E-state index in [-0.39, 0.29) is 0 Å². The molecule has 29 heavy (non-hydrogen) atoms. The monoisotopic (exact) mass is 409 g/mol. The first-order valence-corrected chi connectivity index (χ1v) is 13.3. The zero-order valence-electron chi connectivity index (χ0n) is 20.4. The Kier molecular flexibility index (Phi) is 23.7. The van der Waals surface area contributed by atoms with Crippen LogP contribution in [0.3, 0.4) is 0 Å². The molecule has 0 bridgehead atoms. The van der Waals surface area contributed by atoms with E-state index in [2.05, 4.69) is 20.4 Å². The van der Waals surface area contributed by atoms with Gasteiger partial charge in [0, 0.05) is 13.1 Å². The van der Waals surface area contributed by atoms with Crippen LogP contribution in [0.4, 0.5) is 0 Å². The largest absolute Gasteiger partial charge is 0.314 e. The van der Waals surface area contributed by atoms with E-state index in [1.807, 2.05) is 0 Å². The van der Waals surface area contributed by atoms with E-state index in [1.54, 1.807) is 5.06 Å². The van der Waals surface area contributed by atoms with Crippen LogP contribution in [-0.4, -0.2) is 23.4 Å². The Hall–Kier alpha value is -0.340. The molecule has 0 aromatic carbocycles. The molecule has 0 saturated carbocycles. The third kappa shape index (κ3) is 23.8. The van der Waals surface area contributed by atoms with Crippen LogP contribution in [0.25, 0.3) is 0 Å². The summed E-state index contributed by atoms with van der Waals surface area (Å²) in [4.78, 5) is 0. The van der Waals surface area contributed by atoms with Gasteiger partial charge in [0.05, 0.1) is 0 Å². The Morgan fingerprint density at radius 3 is 1.24 bits per heavy atom. The maximum atomic E-state index is 9.93. The molecule has 0 unspecified atom stereocenters. The smallest absolute Gasteiger partial charge is 0.0238 e. The fourth-order valence-electron chi connectivity index (χ4n) is 4.02. The highest BCUT2D eigenvalue weighted by molar-refractivity contribution is 4.93. The molecule has 2 heteroatoms. The van der Waals surface area contributed by atoms with E-state index in [4.69, 9.17) is 0 Å². The highest BCUT2D eigenvalue weighted by atomic mass is 16.5. The summed E-state index contributed by atoms with van der Waals surface area (Å²) in [7, 11) is 0. The zero-order valence-corrected chi connectivity index (χ0v) is 20.4. The van der Waals surface area contributed by atoms with Crippen molar-refractivity contribution < 1.29 is 5.21 Å². The van der Waals surface area contributed by atoms with Gasteiger partial charge in [-0.25, -0.2) is 0 Å². The maximum Gasteiger partial charge on any atom is 0.0238 e. The van der Waals surface area contributed by atoms with Crippen LogP contribution in [0.1, 0.15) is 149 Å². The van der Waals surface area contributed by atoms with Crippen LogP contribution in [0.5, 0.6) is 0 Å². The number of rotatable bonds is 24. The highest BCUT2D eigenvalue weighted by Crippen LogP contribution is 2.16. The van der Waals surface area contributed by atoms with Crippen molar-refractivity contribution in [1.82, 2.24) is 5.06 Å². The van der Waals surface area contributed by atoms with Crippen molar-refractivity contribution in [3.05, 3.63) is 12.2 Å². The molecule has 0 aromatic rings. The normalized spacial score (nSPS) is 11.4. The second-order valence-corrected chi connectivity index (χ2v) is 9.21. The van der Waals surface area contributed by atoms with Gasteiger partial charge in [-0.2, -0.15) is 5.06 Å². The summed E-state index contributed by atoms with van der Waals surface area (Å²) in [5, 5.41) is 11.5. The van der Waals surface area contributed by atoms with Crippen LogP contribution < -0.4 is 0 Å². The summed E-state index contributed by atoms with van der Waals surface area (Å²) in [6.45, 7) is 10.5. The molecule has 0 aliphatic heterocycles. The molecule has 0 aliphatic rings. The molecular weight excluding hydrogens is 354 g/mol. The summed E-state index contributed by atoms with van der Waals surface area (Å²) < 4.78 is 0. The second-order valence-electron chi connectivity index (χ2n) is 9.21. The Labute approximate surface area is 184 Å². The third-order valence-electron chi connectivity index (χ3n) is 6.10. The molecule has 0 saturated heterocycles. The SMILES string of the molecule is C=C(CCCCCCCCCCCC)CCCCCN(O)CCCCCCCC. The second kappa shape index (κ2) is 23.9. The van der Waals surface area contributed by atoms with Gasteiger partial charge in [0.2, 0.25) is 0 Å². The Bertz CT molecular complexity index is 328. The van der Waals surface area contributed by atoms with Crippen molar-refractivity contribution in [2.75, 3.05) is 13.1 Å². The van der Waals surface area contributed by atoms with Gasteiger partial charge in [-0.1, -0.05) is 122 Å². The lowest BCUT2D eigenvalue weighted by molar-refractivity contribution is -0.0924. The predicted molar refractivity (Wildman–Crippen MR) is 131 cm³/mol. The first-order valence-electron chi connectivity index (χ1n) is 13.3. The van der Waals surface area contributed by atoms with Crippen LogP contribution in [0.2, 0.25) is 0 Å². The van der Waals surface area contributed by atoms with Gasteiger partial charge in [-0.05, 0) is 38.5 Å². The minimum atomic E-state index is 0.833. The molecule has 0 rings (SSSR count). The Morgan fingerprint density at radius 1 is 0.517 bits per heavy atom. The standard InChI is InChI=1S/C27H55NO/c1-4-6-8-10-12-13-14-15-16-19-23-27(3)24-20-18-22-26-28(29)25-21-17-11-9-7-5-2/h29H,3-26H2,1-2H3. The summed E-state index contributed by atoms with van der Waals surface area (Å²) in [5.41, 5.74) is 1.44. The third-order valence-corrected chi connectivity index (χ3v) is 6.10. The fourth-order valence-corrected chi connectivity index (χ4v) is 4.02. The number of nitrogens with zero attached hydrogens (tertiary/aromatic N) is 1. The van der Waals surface area contributed by atoms with E-state index in [0.717, 1.165) is 25.9 Å². The van der Waals surface area contributed by atoms with Gasteiger partial charge in [0.15, 0.2) is 0 Å². The number of hydroxylamine groups is 2. The number of hydrogen-bond acceptors (Lipinski definition) is 2. The van der Waals surface area contributed by atoms with E-state index in [1.165, 1.54) is 128 Å². The van der Waals surface area contributed by atoms with Crippen molar-refractivity contribution in [2.45, 2.75) is 149 Å². The van der Waals surface area contributed by atoms with E-state index >= 15 is 0 Å².